The van der Waals surface area contributed by atoms with Gasteiger partial charge in [-0.2, -0.15) is 5.26 Å². The van der Waals surface area contributed by atoms with Crippen LogP contribution in [0.5, 0.6) is 0 Å². The van der Waals surface area contributed by atoms with Crippen LogP contribution in [-0.2, 0) is 0 Å². The van der Waals surface area contributed by atoms with E-state index in [2.05, 4.69) is 16.3 Å². The molecule has 0 aliphatic carbocycles. The first-order chi connectivity index (χ1) is 7.13. The lowest BCUT2D eigenvalue weighted by molar-refractivity contribution is 0.146. The standard InChI is InChI=1S/C10H18N4O/c1-9(2)12-10(15)14-7-5-13(4-3-11)6-8-14/h9H,4-8H2,1-2H3,(H,12,15). The Morgan fingerprint density at radius 2 is 2.00 bits per heavy atom. The second-order valence-corrected chi connectivity index (χ2v) is 4.03. The van der Waals surface area contributed by atoms with Gasteiger partial charge < -0.3 is 10.2 Å². The lowest BCUT2D eigenvalue weighted by atomic mass is 10.3. The second-order valence-electron chi connectivity index (χ2n) is 4.03. The number of hydrogen-bond acceptors (Lipinski definition) is 3. The summed E-state index contributed by atoms with van der Waals surface area (Å²) in [5.41, 5.74) is 0. The van der Waals surface area contributed by atoms with Gasteiger partial charge in [-0.15, -0.1) is 0 Å². The third kappa shape index (κ3) is 3.76. The first kappa shape index (κ1) is 11.8. The van der Waals surface area contributed by atoms with Crippen molar-refractivity contribution in [2.75, 3.05) is 32.7 Å². The molecule has 1 saturated heterocycles. The monoisotopic (exact) mass is 210 g/mol. The van der Waals surface area contributed by atoms with Crippen molar-refractivity contribution in [3.8, 4) is 6.07 Å². The van der Waals surface area contributed by atoms with E-state index in [0.717, 1.165) is 13.1 Å². The minimum atomic E-state index is 0.00149. The van der Waals surface area contributed by atoms with E-state index in [4.69, 9.17) is 5.26 Å². The van der Waals surface area contributed by atoms with Crippen LogP contribution in [0.4, 0.5) is 4.79 Å². The zero-order valence-corrected chi connectivity index (χ0v) is 9.36. The molecule has 0 aromatic carbocycles. The zero-order valence-electron chi connectivity index (χ0n) is 9.36. The van der Waals surface area contributed by atoms with Gasteiger partial charge in [0.1, 0.15) is 0 Å². The maximum absolute atomic E-state index is 11.6. The molecule has 5 nitrogen and oxygen atoms in total. The first-order valence-electron chi connectivity index (χ1n) is 5.28. The predicted octanol–water partition coefficient (Wildman–Crippen LogP) is 0.246. The molecule has 0 unspecified atom stereocenters. The van der Waals surface area contributed by atoms with Gasteiger partial charge >= 0.3 is 6.03 Å². The SMILES string of the molecule is CC(C)NC(=O)N1CCN(CC#N)CC1. The van der Waals surface area contributed by atoms with Gasteiger partial charge in [0, 0.05) is 32.2 Å². The Hall–Kier alpha value is -1.28. The number of nitrogens with one attached hydrogen (secondary N) is 1. The molecular weight excluding hydrogens is 192 g/mol. The van der Waals surface area contributed by atoms with Crippen LogP contribution in [0.25, 0.3) is 0 Å². The fourth-order valence-corrected chi connectivity index (χ4v) is 1.55. The Morgan fingerprint density at radius 1 is 1.40 bits per heavy atom. The summed E-state index contributed by atoms with van der Waals surface area (Å²) in [6.07, 6.45) is 0. The van der Waals surface area contributed by atoms with Crippen molar-refractivity contribution in [3.63, 3.8) is 0 Å². The molecule has 1 N–H and O–H groups in total. The van der Waals surface area contributed by atoms with Gasteiger partial charge in [0.05, 0.1) is 12.6 Å². The third-order valence-electron chi connectivity index (χ3n) is 2.37. The molecule has 0 aromatic heterocycles. The summed E-state index contributed by atoms with van der Waals surface area (Å²) in [6, 6.07) is 2.30. The van der Waals surface area contributed by atoms with Crippen LogP contribution in [0.15, 0.2) is 0 Å². The average molecular weight is 210 g/mol. The molecule has 15 heavy (non-hydrogen) atoms. The Morgan fingerprint density at radius 3 is 2.47 bits per heavy atom. The number of piperazine rings is 1. The number of carbonyl (C=O) groups excluding carboxylic acids is 1. The van der Waals surface area contributed by atoms with Gasteiger partial charge in [0.15, 0.2) is 0 Å². The number of nitrogens with zero attached hydrogens (tertiary/aromatic N) is 3. The first-order valence-corrected chi connectivity index (χ1v) is 5.28. The fraction of sp³-hybridized carbons (Fsp3) is 0.800. The number of urea groups is 1. The third-order valence-corrected chi connectivity index (χ3v) is 2.37. The molecule has 0 radical (unpaired) electrons. The Bertz CT molecular complexity index is 251. The van der Waals surface area contributed by atoms with Crippen molar-refractivity contribution >= 4 is 6.03 Å². The molecule has 1 rings (SSSR count). The summed E-state index contributed by atoms with van der Waals surface area (Å²) in [4.78, 5) is 15.5. The van der Waals surface area contributed by atoms with Gasteiger partial charge in [0.2, 0.25) is 0 Å². The van der Waals surface area contributed by atoms with Crippen LogP contribution in [0, 0.1) is 11.3 Å². The normalized spacial score (nSPS) is 17.6. The van der Waals surface area contributed by atoms with E-state index in [1.54, 1.807) is 4.90 Å². The van der Waals surface area contributed by atoms with Crippen molar-refractivity contribution in [2.24, 2.45) is 0 Å². The highest BCUT2D eigenvalue weighted by molar-refractivity contribution is 5.74. The largest absolute Gasteiger partial charge is 0.336 e. The quantitative estimate of drug-likeness (QED) is 0.664. The van der Waals surface area contributed by atoms with Gasteiger partial charge in [-0.1, -0.05) is 0 Å². The Labute approximate surface area is 90.6 Å². The molecule has 0 spiro atoms. The summed E-state index contributed by atoms with van der Waals surface area (Å²) in [5.74, 6) is 0. The van der Waals surface area contributed by atoms with Crippen molar-refractivity contribution in [2.45, 2.75) is 19.9 Å². The zero-order chi connectivity index (χ0) is 11.3. The average Bonchev–Trinajstić information content (AvgIpc) is 2.18. The lowest BCUT2D eigenvalue weighted by Crippen LogP contribution is -2.52. The maximum Gasteiger partial charge on any atom is 0.317 e. The molecular formula is C10H18N4O. The van der Waals surface area contributed by atoms with Crippen LogP contribution >= 0.6 is 0 Å². The highest BCUT2D eigenvalue weighted by atomic mass is 16.2. The van der Waals surface area contributed by atoms with E-state index in [9.17, 15) is 4.79 Å². The molecule has 84 valence electrons. The Kier molecular flexibility index (Phi) is 4.37. The van der Waals surface area contributed by atoms with Crippen molar-refractivity contribution in [1.29, 1.82) is 5.26 Å². The van der Waals surface area contributed by atoms with Crippen LogP contribution in [0.2, 0.25) is 0 Å². The van der Waals surface area contributed by atoms with E-state index in [1.165, 1.54) is 0 Å². The number of rotatable bonds is 2. The van der Waals surface area contributed by atoms with E-state index in [-0.39, 0.29) is 12.1 Å². The van der Waals surface area contributed by atoms with E-state index in [1.807, 2.05) is 13.8 Å². The van der Waals surface area contributed by atoms with Crippen LogP contribution in [0.3, 0.4) is 0 Å². The van der Waals surface area contributed by atoms with E-state index in [0.29, 0.717) is 19.6 Å². The summed E-state index contributed by atoms with van der Waals surface area (Å²) < 4.78 is 0. The van der Waals surface area contributed by atoms with Crippen LogP contribution in [-0.4, -0.2) is 54.6 Å². The van der Waals surface area contributed by atoms with Gasteiger partial charge in [-0.05, 0) is 13.8 Å². The number of amides is 2. The molecule has 0 aromatic rings. The van der Waals surface area contributed by atoms with E-state index >= 15 is 0 Å². The molecule has 0 saturated carbocycles. The summed E-state index contributed by atoms with van der Waals surface area (Å²) in [5, 5.41) is 11.4. The number of nitriles is 1. The lowest BCUT2D eigenvalue weighted by Gasteiger charge is -2.33. The maximum atomic E-state index is 11.6. The highest BCUT2D eigenvalue weighted by Crippen LogP contribution is 2.01. The topological polar surface area (TPSA) is 59.4 Å². The summed E-state index contributed by atoms with van der Waals surface area (Å²) in [6.45, 7) is 7.35. The molecule has 1 fully saturated rings. The summed E-state index contributed by atoms with van der Waals surface area (Å²) in [7, 11) is 0. The molecule has 0 bridgehead atoms. The molecule has 5 heteroatoms. The number of hydrogen-bond donors (Lipinski definition) is 1. The van der Waals surface area contributed by atoms with Gasteiger partial charge in [-0.25, -0.2) is 4.79 Å². The minimum absolute atomic E-state index is 0.00149. The highest BCUT2D eigenvalue weighted by Gasteiger charge is 2.20. The van der Waals surface area contributed by atoms with Crippen molar-refractivity contribution in [1.82, 2.24) is 15.1 Å². The second kappa shape index (κ2) is 5.56. The Balaban J connectivity index is 2.31. The van der Waals surface area contributed by atoms with Crippen molar-refractivity contribution < 1.29 is 4.79 Å². The molecule has 1 aliphatic rings. The van der Waals surface area contributed by atoms with Crippen LogP contribution < -0.4 is 5.32 Å². The smallest absolute Gasteiger partial charge is 0.317 e. The van der Waals surface area contributed by atoms with E-state index < -0.39 is 0 Å². The predicted molar refractivity (Wildman–Crippen MR) is 57.3 cm³/mol. The van der Waals surface area contributed by atoms with Gasteiger partial charge in [-0.3, -0.25) is 4.90 Å². The van der Waals surface area contributed by atoms with Gasteiger partial charge in [0.25, 0.3) is 0 Å². The van der Waals surface area contributed by atoms with Crippen molar-refractivity contribution in [3.05, 3.63) is 0 Å². The minimum Gasteiger partial charge on any atom is -0.336 e. The fourth-order valence-electron chi connectivity index (χ4n) is 1.55. The molecule has 2 amide bonds. The number of carbonyl (C=O) groups is 1. The van der Waals surface area contributed by atoms with Crippen LogP contribution in [0.1, 0.15) is 13.8 Å². The molecule has 1 heterocycles. The molecule has 0 atom stereocenters. The molecule has 1 aliphatic heterocycles. The summed E-state index contributed by atoms with van der Waals surface area (Å²) >= 11 is 0.